The maximum Gasteiger partial charge on any atom is 0.146 e. The van der Waals surface area contributed by atoms with Crippen LogP contribution in [0.15, 0.2) is 48.5 Å². The summed E-state index contributed by atoms with van der Waals surface area (Å²) in [6.07, 6.45) is -0.430. The average molecular weight is 301 g/mol. The Bertz CT molecular complexity index is 651. The van der Waals surface area contributed by atoms with E-state index in [2.05, 4.69) is 11.8 Å². The van der Waals surface area contributed by atoms with Crippen molar-refractivity contribution >= 4 is 11.6 Å². The summed E-state index contributed by atoms with van der Waals surface area (Å²) in [6, 6.07) is 14.8. The Hall–Kier alpha value is -1.95. The summed E-state index contributed by atoms with van der Waals surface area (Å²) >= 11 is 6.05. The summed E-state index contributed by atoms with van der Waals surface area (Å²) in [5.74, 6) is 7.33. The molecule has 0 aliphatic heterocycles. The number of hydrogen-bond acceptors (Lipinski definition) is 2. The summed E-state index contributed by atoms with van der Waals surface area (Å²) in [4.78, 5) is 0. The van der Waals surface area contributed by atoms with Gasteiger partial charge in [0.1, 0.15) is 11.5 Å². The molecule has 0 fully saturated rings. The van der Waals surface area contributed by atoms with Crippen LogP contribution < -0.4 is 4.74 Å². The van der Waals surface area contributed by atoms with Crippen LogP contribution in [0.4, 0.5) is 0 Å². The van der Waals surface area contributed by atoms with Crippen molar-refractivity contribution in [2.24, 2.45) is 5.92 Å². The van der Waals surface area contributed by atoms with E-state index < -0.39 is 6.10 Å². The van der Waals surface area contributed by atoms with Gasteiger partial charge in [-0.25, -0.2) is 0 Å². The number of hydrogen-bond donors (Lipinski definition) is 1. The van der Waals surface area contributed by atoms with Gasteiger partial charge in [0.05, 0.1) is 11.1 Å². The molecule has 0 saturated heterocycles. The minimum Gasteiger partial charge on any atom is -0.456 e. The van der Waals surface area contributed by atoms with Crippen molar-refractivity contribution in [1.82, 2.24) is 0 Å². The van der Waals surface area contributed by atoms with Crippen molar-refractivity contribution in [1.29, 1.82) is 0 Å². The number of para-hydroxylation sites is 1. The van der Waals surface area contributed by atoms with Gasteiger partial charge in [0, 0.05) is 11.5 Å². The fraction of sp³-hybridized carbons (Fsp3) is 0.222. The molecule has 2 atom stereocenters. The summed E-state index contributed by atoms with van der Waals surface area (Å²) in [7, 11) is 0. The molecule has 2 nitrogen and oxygen atoms in total. The van der Waals surface area contributed by atoms with E-state index in [4.69, 9.17) is 16.3 Å². The predicted molar refractivity (Wildman–Crippen MR) is 85.7 cm³/mol. The van der Waals surface area contributed by atoms with Gasteiger partial charge in [0.25, 0.3) is 0 Å². The van der Waals surface area contributed by atoms with E-state index in [1.807, 2.05) is 49.4 Å². The quantitative estimate of drug-likeness (QED) is 0.846. The monoisotopic (exact) mass is 300 g/mol. The van der Waals surface area contributed by atoms with E-state index in [1.54, 1.807) is 13.0 Å². The lowest BCUT2D eigenvalue weighted by Gasteiger charge is -2.07. The molecule has 0 saturated carbocycles. The SMILES string of the molecule is CC(O)C(C)C#Cc1ccc(Oc2ccccc2Cl)cc1. The van der Waals surface area contributed by atoms with Gasteiger partial charge in [-0.05, 0) is 50.2 Å². The highest BCUT2D eigenvalue weighted by Crippen LogP contribution is 2.28. The van der Waals surface area contributed by atoms with E-state index in [0.29, 0.717) is 16.5 Å². The van der Waals surface area contributed by atoms with Gasteiger partial charge in [-0.3, -0.25) is 0 Å². The molecule has 2 unspecified atom stereocenters. The van der Waals surface area contributed by atoms with Crippen molar-refractivity contribution in [3.63, 3.8) is 0 Å². The maximum atomic E-state index is 9.40. The molecule has 0 amide bonds. The lowest BCUT2D eigenvalue weighted by atomic mass is 10.1. The van der Waals surface area contributed by atoms with Gasteiger partial charge in [-0.1, -0.05) is 35.6 Å². The molecule has 21 heavy (non-hydrogen) atoms. The van der Waals surface area contributed by atoms with Crippen LogP contribution in [0.1, 0.15) is 19.4 Å². The van der Waals surface area contributed by atoms with Gasteiger partial charge in [0.2, 0.25) is 0 Å². The number of benzene rings is 2. The largest absolute Gasteiger partial charge is 0.456 e. The molecule has 0 aliphatic rings. The second kappa shape index (κ2) is 7.17. The Morgan fingerprint density at radius 2 is 1.71 bits per heavy atom. The third kappa shape index (κ3) is 4.53. The van der Waals surface area contributed by atoms with Crippen molar-refractivity contribution in [3.8, 4) is 23.3 Å². The van der Waals surface area contributed by atoms with Crippen LogP contribution in [0.5, 0.6) is 11.5 Å². The molecule has 0 bridgehead atoms. The smallest absolute Gasteiger partial charge is 0.146 e. The highest BCUT2D eigenvalue weighted by atomic mass is 35.5. The predicted octanol–water partition coefficient (Wildman–Crippen LogP) is 4.50. The van der Waals surface area contributed by atoms with Crippen molar-refractivity contribution in [2.45, 2.75) is 20.0 Å². The Morgan fingerprint density at radius 1 is 1.05 bits per heavy atom. The first-order chi connectivity index (χ1) is 10.1. The first-order valence-corrected chi connectivity index (χ1v) is 7.16. The number of ether oxygens (including phenoxy) is 1. The van der Waals surface area contributed by atoms with E-state index in [0.717, 1.165) is 5.56 Å². The van der Waals surface area contributed by atoms with E-state index in [9.17, 15) is 5.11 Å². The standard InChI is InChI=1S/C18H17ClO2/c1-13(14(2)20)7-8-15-9-11-16(12-10-15)21-18-6-4-3-5-17(18)19/h3-6,9-14,20H,1-2H3. The first-order valence-electron chi connectivity index (χ1n) is 6.78. The van der Waals surface area contributed by atoms with E-state index in [1.165, 1.54) is 0 Å². The first kappa shape index (κ1) is 15.4. The molecule has 3 heteroatoms. The highest BCUT2D eigenvalue weighted by Gasteiger charge is 2.04. The Balaban J connectivity index is 2.08. The Morgan fingerprint density at radius 3 is 2.33 bits per heavy atom. The third-order valence-electron chi connectivity index (χ3n) is 3.09. The van der Waals surface area contributed by atoms with Crippen LogP contribution >= 0.6 is 11.6 Å². The average Bonchev–Trinajstić information content (AvgIpc) is 2.48. The maximum absolute atomic E-state index is 9.40. The van der Waals surface area contributed by atoms with Crippen LogP contribution in [0.3, 0.4) is 0 Å². The Kier molecular flexibility index (Phi) is 5.27. The zero-order valence-corrected chi connectivity index (χ0v) is 12.8. The second-order valence-corrected chi connectivity index (χ2v) is 5.26. The molecule has 2 rings (SSSR count). The van der Waals surface area contributed by atoms with Crippen molar-refractivity contribution < 1.29 is 9.84 Å². The van der Waals surface area contributed by atoms with Crippen LogP contribution in [-0.4, -0.2) is 11.2 Å². The molecular formula is C18H17ClO2. The fourth-order valence-corrected chi connectivity index (χ4v) is 1.75. The number of aliphatic hydroxyl groups excluding tert-OH is 1. The lowest BCUT2D eigenvalue weighted by Crippen LogP contribution is -2.10. The minimum atomic E-state index is -0.430. The molecule has 108 valence electrons. The fourth-order valence-electron chi connectivity index (χ4n) is 1.58. The van der Waals surface area contributed by atoms with Gasteiger partial charge in [-0.2, -0.15) is 0 Å². The summed E-state index contributed by atoms with van der Waals surface area (Å²) in [5, 5.41) is 9.97. The van der Waals surface area contributed by atoms with Crippen LogP contribution in [0.2, 0.25) is 5.02 Å². The molecule has 1 N–H and O–H groups in total. The second-order valence-electron chi connectivity index (χ2n) is 4.86. The molecule has 0 radical (unpaired) electrons. The number of halogens is 1. The van der Waals surface area contributed by atoms with Gasteiger partial charge < -0.3 is 9.84 Å². The zero-order chi connectivity index (χ0) is 15.2. The van der Waals surface area contributed by atoms with Gasteiger partial charge in [-0.15, -0.1) is 0 Å². The molecule has 0 aliphatic carbocycles. The van der Waals surface area contributed by atoms with Gasteiger partial charge >= 0.3 is 0 Å². The third-order valence-corrected chi connectivity index (χ3v) is 3.40. The summed E-state index contributed by atoms with van der Waals surface area (Å²) < 4.78 is 5.71. The molecule has 2 aromatic carbocycles. The topological polar surface area (TPSA) is 29.5 Å². The Labute approximate surface area is 130 Å². The van der Waals surface area contributed by atoms with Crippen LogP contribution in [-0.2, 0) is 0 Å². The van der Waals surface area contributed by atoms with E-state index in [-0.39, 0.29) is 5.92 Å². The van der Waals surface area contributed by atoms with Crippen molar-refractivity contribution in [2.75, 3.05) is 0 Å². The minimum absolute atomic E-state index is 0.0518. The van der Waals surface area contributed by atoms with E-state index >= 15 is 0 Å². The van der Waals surface area contributed by atoms with Crippen LogP contribution in [0.25, 0.3) is 0 Å². The number of rotatable bonds is 3. The molecule has 0 aromatic heterocycles. The van der Waals surface area contributed by atoms with Crippen molar-refractivity contribution in [3.05, 3.63) is 59.1 Å². The summed E-state index contributed by atoms with van der Waals surface area (Å²) in [6.45, 7) is 3.63. The lowest BCUT2D eigenvalue weighted by molar-refractivity contribution is 0.161. The number of aliphatic hydroxyl groups is 1. The molecule has 0 spiro atoms. The highest BCUT2D eigenvalue weighted by molar-refractivity contribution is 6.32. The molecular weight excluding hydrogens is 284 g/mol. The van der Waals surface area contributed by atoms with Crippen LogP contribution in [0, 0.1) is 17.8 Å². The normalized spacial score (nSPS) is 13.0. The van der Waals surface area contributed by atoms with Gasteiger partial charge in [0.15, 0.2) is 0 Å². The summed E-state index contributed by atoms with van der Waals surface area (Å²) in [5.41, 5.74) is 0.883. The zero-order valence-electron chi connectivity index (χ0n) is 12.0. The molecule has 0 heterocycles. The molecule has 2 aromatic rings.